The maximum absolute atomic E-state index is 13.0. The number of ether oxygens (including phenoxy) is 2. The molecule has 0 spiro atoms. The zero-order valence-corrected chi connectivity index (χ0v) is 14.9. The van der Waals surface area contributed by atoms with E-state index in [2.05, 4.69) is 15.5 Å². The summed E-state index contributed by atoms with van der Waals surface area (Å²) in [4.78, 5) is 26.6. The van der Waals surface area contributed by atoms with Crippen molar-refractivity contribution in [2.75, 3.05) is 40.5 Å². The number of carbonyl (C=O) groups excluding carboxylic acids is 2. The highest BCUT2D eigenvalue weighted by molar-refractivity contribution is 5.94. The molecule has 25 heavy (non-hydrogen) atoms. The quantitative estimate of drug-likeness (QED) is 0.795. The summed E-state index contributed by atoms with van der Waals surface area (Å²) in [5.41, 5.74) is 1.82. The Kier molecular flexibility index (Phi) is 5.39. The van der Waals surface area contributed by atoms with Gasteiger partial charge in [0.2, 0.25) is 5.91 Å². The number of hydrogen-bond acceptors (Lipinski definition) is 5. The molecule has 0 unspecified atom stereocenters. The van der Waals surface area contributed by atoms with Crippen molar-refractivity contribution in [2.45, 2.75) is 37.7 Å². The Balaban J connectivity index is 1.78. The number of fused-ring (bicyclic) bond motifs is 1. The number of carbonyl (C=O) groups is 2. The third kappa shape index (κ3) is 3.69. The number of morpholine rings is 1. The average Bonchev–Trinajstić information content (AvgIpc) is 3.05. The molecule has 138 valence electrons. The minimum Gasteiger partial charge on any atom is -0.382 e. The molecule has 2 amide bonds. The Morgan fingerprint density at radius 3 is 2.96 bits per heavy atom. The Bertz CT molecular complexity index is 641. The van der Waals surface area contributed by atoms with Crippen molar-refractivity contribution >= 4 is 11.8 Å². The fourth-order valence-corrected chi connectivity index (χ4v) is 3.72. The van der Waals surface area contributed by atoms with Gasteiger partial charge in [-0.2, -0.15) is 5.10 Å². The molecule has 8 nitrogen and oxygen atoms in total. The third-order valence-corrected chi connectivity index (χ3v) is 4.96. The van der Waals surface area contributed by atoms with E-state index < -0.39 is 5.60 Å². The molecule has 1 atom stereocenters. The van der Waals surface area contributed by atoms with Gasteiger partial charge in [0.1, 0.15) is 5.60 Å². The number of nitrogens with zero attached hydrogens (tertiary/aromatic N) is 2. The van der Waals surface area contributed by atoms with E-state index in [-0.39, 0.29) is 24.8 Å². The number of H-pyrrole nitrogens is 1. The number of rotatable bonds is 5. The highest BCUT2D eigenvalue weighted by Crippen LogP contribution is 2.27. The Labute approximate surface area is 147 Å². The van der Waals surface area contributed by atoms with E-state index in [4.69, 9.17) is 9.47 Å². The summed E-state index contributed by atoms with van der Waals surface area (Å²) in [5, 5.41) is 9.90. The summed E-state index contributed by atoms with van der Waals surface area (Å²) in [6, 6.07) is 0. The second-order valence-electron chi connectivity index (χ2n) is 6.78. The van der Waals surface area contributed by atoms with Crippen LogP contribution in [0.15, 0.2) is 0 Å². The number of methoxy groups -OCH3 is 1. The van der Waals surface area contributed by atoms with Crippen molar-refractivity contribution in [3.8, 4) is 0 Å². The molecule has 1 saturated heterocycles. The van der Waals surface area contributed by atoms with Crippen LogP contribution < -0.4 is 5.32 Å². The number of hydrogen-bond donors (Lipinski definition) is 2. The predicted molar refractivity (Wildman–Crippen MR) is 90.4 cm³/mol. The third-order valence-electron chi connectivity index (χ3n) is 4.96. The van der Waals surface area contributed by atoms with Crippen LogP contribution in [0.4, 0.5) is 0 Å². The van der Waals surface area contributed by atoms with Gasteiger partial charge < -0.3 is 19.7 Å². The molecule has 8 heteroatoms. The SMILES string of the molecule is CNC(=O)C[C@]1(COC)CN(C(=O)c2n[nH]c3c2CCCC3)CCO1. The van der Waals surface area contributed by atoms with Crippen molar-refractivity contribution < 1.29 is 19.1 Å². The first-order valence-electron chi connectivity index (χ1n) is 8.77. The van der Waals surface area contributed by atoms with E-state index in [0.717, 1.165) is 36.9 Å². The van der Waals surface area contributed by atoms with Gasteiger partial charge >= 0.3 is 0 Å². The Hall–Kier alpha value is -1.93. The molecule has 0 bridgehead atoms. The van der Waals surface area contributed by atoms with Gasteiger partial charge in [-0.3, -0.25) is 14.7 Å². The molecule has 1 fully saturated rings. The Morgan fingerprint density at radius 2 is 2.20 bits per heavy atom. The van der Waals surface area contributed by atoms with E-state index in [1.165, 1.54) is 0 Å². The highest BCUT2D eigenvalue weighted by atomic mass is 16.5. The van der Waals surface area contributed by atoms with Crippen molar-refractivity contribution in [1.82, 2.24) is 20.4 Å². The van der Waals surface area contributed by atoms with Crippen LogP contribution in [0.3, 0.4) is 0 Å². The standard InChI is InChI=1S/C17H26N4O4/c1-18-14(22)9-17(11-24-2)10-21(7-8-25-17)16(23)15-12-5-3-4-6-13(12)19-20-15/h3-11H2,1-2H3,(H,18,22)(H,19,20)/t17-/m1/s1. The molecule has 1 aromatic rings. The lowest BCUT2D eigenvalue weighted by atomic mass is 9.94. The highest BCUT2D eigenvalue weighted by Gasteiger charge is 2.41. The lowest BCUT2D eigenvalue weighted by molar-refractivity contribution is -0.150. The smallest absolute Gasteiger partial charge is 0.274 e. The van der Waals surface area contributed by atoms with Crippen molar-refractivity contribution in [1.29, 1.82) is 0 Å². The van der Waals surface area contributed by atoms with Crippen LogP contribution >= 0.6 is 0 Å². The van der Waals surface area contributed by atoms with Gasteiger partial charge in [0.05, 0.1) is 26.2 Å². The molecule has 0 aromatic carbocycles. The summed E-state index contributed by atoms with van der Waals surface area (Å²) in [6.45, 7) is 1.43. The molecular weight excluding hydrogens is 324 g/mol. The maximum Gasteiger partial charge on any atom is 0.274 e. The van der Waals surface area contributed by atoms with Crippen LogP contribution in [0.25, 0.3) is 0 Å². The second-order valence-corrected chi connectivity index (χ2v) is 6.78. The summed E-state index contributed by atoms with van der Waals surface area (Å²) < 4.78 is 11.2. The minimum absolute atomic E-state index is 0.0971. The first-order valence-corrected chi connectivity index (χ1v) is 8.77. The van der Waals surface area contributed by atoms with E-state index in [9.17, 15) is 9.59 Å². The first kappa shape index (κ1) is 17.9. The number of nitrogens with one attached hydrogen (secondary N) is 2. The van der Waals surface area contributed by atoms with Crippen LogP contribution in [-0.2, 0) is 27.1 Å². The van der Waals surface area contributed by atoms with Crippen LogP contribution in [-0.4, -0.2) is 73.0 Å². The van der Waals surface area contributed by atoms with E-state index in [1.807, 2.05) is 0 Å². The topological polar surface area (TPSA) is 96.5 Å². The van der Waals surface area contributed by atoms with E-state index >= 15 is 0 Å². The summed E-state index contributed by atoms with van der Waals surface area (Å²) in [7, 11) is 3.16. The molecule has 0 saturated carbocycles. The van der Waals surface area contributed by atoms with Gasteiger partial charge in [0.25, 0.3) is 5.91 Å². The number of aryl methyl sites for hydroxylation is 1. The van der Waals surface area contributed by atoms with Crippen molar-refractivity contribution in [3.05, 3.63) is 17.0 Å². The number of aromatic amines is 1. The fraction of sp³-hybridized carbons (Fsp3) is 0.706. The second kappa shape index (κ2) is 7.53. The Morgan fingerprint density at radius 1 is 1.40 bits per heavy atom. The maximum atomic E-state index is 13.0. The van der Waals surface area contributed by atoms with Gasteiger partial charge in [0.15, 0.2) is 5.69 Å². The van der Waals surface area contributed by atoms with Crippen molar-refractivity contribution in [3.63, 3.8) is 0 Å². The summed E-state index contributed by atoms with van der Waals surface area (Å²) >= 11 is 0. The molecule has 1 aromatic heterocycles. The van der Waals surface area contributed by atoms with Gasteiger partial charge in [-0.25, -0.2) is 0 Å². The number of aromatic nitrogens is 2. The largest absolute Gasteiger partial charge is 0.382 e. The molecule has 1 aliphatic heterocycles. The molecule has 2 N–H and O–H groups in total. The lowest BCUT2D eigenvalue weighted by Gasteiger charge is -2.41. The van der Waals surface area contributed by atoms with Gasteiger partial charge in [-0.05, 0) is 25.7 Å². The zero-order chi connectivity index (χ0) is 17.9. The molecule has 1 aliphatic carbocycles. The lowest BCUT2D eigenvalue weighted by Crippen LogP contribution is -2.57. The van der Waals surface area contributed by atoms with Crippen LogP contribution in [0.2, 0.25) is 0 Å². The van der Waals surface area contributed by atoms with Crippen LogP contribution in [0.1, 0.15) is 41.0 Å². The van der Waals surface area contributed by atoms with Crippen LogP contribution in [0.5, 0.6) is 0 Å². The first-order chi connectivity index (χ1) is 12.1. The van der Waals surface area contributed by atoms with E-state index in [1.54, 1.807) is 19.1 Å². The van der Waals surface area contributed by atoms with Crippen LogP contribution in [0, 0.1) is 0 Å². The zero-order valence-electron chi connectivity index (χ0n) is 14.9. The van der Waals surface area contributed by atoms with E-state index in [0.29, 0.717) is 25.4 Å². The fourth-order valence-electron chi connectivity index (χ4n) is 3.72. The minimum atomic E-state index is -0.820. The average molecular weight is 350 g/mol. The normalized spacial score (nSPS) is 23.2. The number of amides is 2. The molecule has 2 aliphatic rings. The predicted octanol–water partition coefficient (Wildman–Crippen LogP) is 0.282. The van der Waals surface area contributed by atoms with Gasteiger partial charge in [-0.1, -0.05) is 0 Å². The molecule has 3 rings (SSSR count). The summed E-state index contributed by atoms with van der Waals surface area (Å²) in [5.74, 6) is -0.233. The molecular formula is C17H26N4O4. The monoisotopic (exact) mass is 350 g/mol. The van der Waals surface area contributed by atoms with Crippen molar-refractivity contribution in [2.24, 2.45) is 0 Å². The van der Waals surface area contributed by atoms with Gasteiger partial charge in [-0.15, -0.1) is 0 Å². The van der Waals surface area contributed by atoms with Gasteiger partial charge in [0, 0.05) is 32.0 Å². The molecule has 0 radical (unpaired) electrons. The molecule has 2 heterocycles. The summed E-state index contributed by atoms with van der Waals surface area (Å²) in [6.07, 6.45) is 4.20.